The molecule has 1 aliphatic heterocycles. The van der Waals surface area contributed by atoms with Gasteiger partial charge in [0.05, 0.1) is 12.2 Å². The number of carbonyl (C=O) groups excluding carboxylic acids is 1. The minimum atomic E-state index is -0.513. The third-order valence-corrected chi connectivity index (χ3v) is 4.59. The van der Waals surface area contributed by atoms with Crippen LogP contribution in [-0.4, -0.2) is 43.5 Å². The number of halogens is 3. The highest BCUT2D eigenvalue weighted by molar-refractivity contribution is 6.30. The van der Waals surface area contributed by atoms with E-state index in [2.05, 4.69) is 10.2 Å². The molecule has 0 spiro atoms. The zero-order valence-electron chi connectivity index (χ0n) is 14.2. The second-order valence-electron chi connectivity index (χ2n) is 6.27. The fourth-order valence-electron chi connectivity index (χ4n) is 3.03. The van der Waals surface area contributed by atoms with Gasteiger partial charge in [-0.2, -0.15) is 0 Å². The Balaban J connectivity index is 1.55. The molecule has 7 heteroatoms. The average Bonchev–Trinajstić information content (AvgIpc) is 2.84. The van der Waals surface area contributed by atoms with Gasteiger partial charge in [-0.3, -0.25) is 9.69 Å². The Hall–Kier alpha value is -2.18. The SMILES string of the molecule is O=C(CN1CCCN(c2ccc(F)cc2)CC1)Nc1cc(Cl)ccc1F. The van der Waals surface area contributed by atoms with Crippen LogP contribution in [0.5, 0.6) is 0 Å². The van der Waals surface area contributed by atoms with Crippen LogP contribution in [0, 0.1) is 11.6 Å². The van der Waals surface area contributed by atoms with Gasteiger partial charge in [0.25, 0.3) is 0 Å². The van der Waals surface area contributed by atoms with E-state index in [4.69, 9.17) is 11.6 Å². The van der Waals surface area contributed by atoms with E-state index in [0.29, 0.717) is 11.6 Å². The molecule has 1 N–H and O–H groups in total. The van der Waals surface area contributed by atoms with E-state index in [1.807, 2.05) is 4.90 Å². The van der Waals surface area contributed by atoms with Crippen LogP contribution in [0.1, 0.15) is 6.42 Å². The maximum absolute atomic E-state index is 13.7. The first-order valence-corrected chi connectivity index (χ1v) is 8.87. The minimum absolute atomic E-state index is 0.0882. The number of anilines is 2. The largest absolute Gasteiger partial charge is 0.370 e. The molecule has 1 aliphatic rings. The molecule has 0 aromatic heterocycles. The molecule has 1 saturated heterocycles. The molecule has 1 heterocycles. The molecule has 0 aliphatic carbocycles. The average molecular weight is 380 g/mol. The summed E-state index contributed by atoms with van der Waals surface area (Å²) in [6.07, 6.45) is 0.885. The van der Waals surface area contributed by atoms with E-state index in [-0.39, 0.29) is 24.0 Å². The number of amides is 1. The van der Waals surface area contributed by atoms with Crippen molar-refractivity contribution < 1.29 is 13.6 Å². The number of hydrogen-bond donors (Lipinski definition) is 1. The summed E-state index contributed by atoms with van der Waals surface area (Å²) >= 11 is 5.84. The van der Waals surface area contributed by atoms with Gasteiger partial charge in [-0.05, 0) is 48.9 Å². The molecule has 2 aromatic rings. The molecular formula is C19H20ClF2N3O. The Labute approximate surface area is 156 Å². The highest BCUT2D eigenvalue weighted by Gasteiger charge is 2.18. The molecule has 3 rings (SSSR count). The monoisotopic (exact) mass is 379 g/mol. The molecule has 0 bridgehead atoms. The first-order chi connectivity index (χ1) is 12.5. The van der Waals surface area contributed by atoms with Crippen LogP contribution in [0.15, 0.2) is 42.5 Å². The first-order valence-electron chi connectivity index (χ1n) is 8.49. The zero-order valence-corrected chi connectivity index (χ0v) is 15.0. The highest BCUT2D eigenvalue weighted by Crippen LogP contribution is 2.20. The van der Waals surface area contributed by atoms with Gasteiger partial charge in [0, 0.05) is 36.9 Å². The quantitative estimate of drug-likeness (QED) is 0.878. The van der Waals surface area contributed by atoms with Crippen LogP contribution in [0.25, 0.3) is 0 Å². The molecule has 0 radical (unpaired) electrons. The van der Waals surface area contributed by atoms with Crippen molar-refractivity contribution in [1.29, 1.82) is 0 Å². The van der Waals surface area contributed by atoms with Gasteiger partial charge in [0.1, 0.15) is 11.6 Å². The first kappa shape index (κ1) is 18.6. The number of nitrogens with one attached hydrogen (secondary N) is 1. The summed E-state index contributed by atoms with van der Waals surface area (Å²) in [5.74, 6) is -1.04. The lowest BCUT2D eigenvalue weighted by Gasteiger charge is -2.23. The van der Waals surface area contributed by atoms with Gasteiger partial charge in [-0.1, -0.05) is 11.6 Å². The molecule has 26 heavy (non-hydrogen) atoms. The lowest BCUT2D eigenvalue weighted by atomic mass is 10.2. The number of nitrogens with zero attached hydrogens (tertiary/aromatic N) is 2. The van der Waals surface area contributed by atoms with Crippen LogP contribution in [0.2, 0.25) is 5.02 Å². The van der Waals surface area contributed by atoms with Gasteiger partial charge < -0.3 is 10.2 Å². The van der Waals surface area contributed by atoms with E-state index in [9.17, 15) is 13.6 Å². The van der Waals surface area contributed by atoms with Crippen molar-refractivity contribution in [2.75, 3.05) is 42.9 Å². The van der Waals surface area contributed by atoms with Crippen molar-refractivity contribution in [2.24, 2.45) is 0 Å². The fraction of sp³-hybridized carbons (Fsp3) is 0.316. The molecule has 1 fully saturated rings. The van der Waals surface area contributed by atoms with E-state index in [0.717, 1.165) is 31.7 Å². The molecule has 2 aromatic carbocycles. The van der Waals surface area contributed by atoms with Crippen molar-refractivity contribution in [1.82, 2.24) is 4.90 Å². The Morgan fingerprint density at radius 2 is 1.81 bits per heavy atom. The van der Waals surface area contributed by atoms with Crippen LogP contribution >= 0.6 is 11.6 Å². The summed E-state index contributed by atoms with van der Waals surface area (Å²) in [4.78, 5) is 16.4. The van der Waals surface area contributed by atoms with Crippen molar-refractivity contribution in [3.05, 3.63) is 59.1 Å². The van der Waals surface area contributed by atoms with Gasteiger partial charge in [0.2, 0.25) is 5.91 Å². The minimum Gasteiger partial charge on any atom is -0.370 e. The highest BCUT2D eigenvalue weighted by atomic mass is 35.5. The summed E-state index contributed by atoms with van der Waals surface area (Å²) < 4.78 is 26.8. The summed E-state index contributed by atoms with van der Waals surface area (Å²) in [7, 11) is 0. The number of rotatable bonds is 4. The second-order valence-corrected chi connectivity index (χ2v) is 6.70. The van der Waals surface area contributed by atoms with Crippen molar-refractivity contribution in [3.63, 3.8) is 0 Å². The van der Waals surface area contributed by atoms with Gasteiger partial charge >= 0.3 is 0 Å². The normalized spacial score (nSPS) is 15.6. The molecule has 0 unspecified atom stereocenters. The van der Waals surface area contributed by atoms with Crippen LogP contribution in [0.4, 0.5) is 20.2 Å². The Kier molecular flexibility index (Phi) is 6.06. The van der Waals surface area contributed by atoms with E-state index in [1.54, 1.807) is 12.1 Å². The summed E-state index contributed by atoms with van der Waals surface area (Å²) in [6, 6.07) is 10.5. The van der Waals surface area contributed by atoms with Gasteiger partial charge in [-0.25, -0.2) is 8.78 Å². The van der Waals surface area contributed by atoms with Crippen molar-refractivity contribution >= 4 is 28.9 Å². The molecular weight excluding hydrogens is 360 g/mol. The van der Waals surface area contributed by atoms with Crippen molar-refractivity contribution in [3.8, 4) is 0 Å². The Morgan fingerprint density at radius 3 is 2.58 bits per heavy atom. The summed E-state index contributed by atoms with van der Waals surface area (Å²) in [6.45, 7) is 3.23. The summed E-state index contributed by atoms with van der Waals surface area (Å²) in [5, 5.41) is 2.94. The third kappa shape index (κ3) is 4.93. The molecule has 0 atom stereocenters. The Bertz CT molecular complexity index is 770. The van der Waals surface area contributed by atoms with Crippen LogP contribution in [-0.2, 0) is 4.79 Å². The summed E-state index contributed by atoms with van der Waals surface area (Å²) in [5.41, 5.74) is 1.06. The standard InChI is InChI=1S/C19H20ClF2N3O/c20-14-2-7-17(22)18(12-14)23-19(26)13-24-8-1-9-25(11-10-24)16-5-3-15(21)4-6-16/h2-7,12H,1,8-11,13H2,(H,23,26). The van der Waals surface area contributed by atoms with Gasteiger partial charge in [0.15, 0.2) is 0 Å². The molecule has 138 valence electrons. The zero-order chi connectivity index (χ0) is 18.5. The molecule has 0 saturated carbocycles. The van der Waals surface area contributed by atoms with Gasteiger partial charge in [-0.15, -0.1) is 0 Å². The molecule has 1 amide bonds. The number of hydrogen-bond acceptors (Lipinski definition) is 3. The smallest absolute Gasteiger partial charge is 0.238 e. The number of benzene rings is 2. The van der Waals surface area contributed by atoms with E-state index >= 15 is 0 Å². The topological polar surface area (TPSA) is 35.6 Å². The predicted molar refractivity (Wildman–Crippen MR) is 99.7 cm³/mol. The lowest BCUT2D eigenvalue weighted by Crippen LogP contribution is -2.36. The molecule has 4 nitrogen and oxygen atoms in total. The Morgan fingerprint density at radius 1 is 1.04 bits per heavy atom. The lowest BCUT2D eigenvalue weighted by molar-refractivity contribution is -0.117. The second kappa shape index (κ2) is 8.47. The van der Waals surface area contributed by atoms with Crippen LogP contribution in [0.3, 0.4) is 0 Å². The van der Waals surface area contributed by atoms with E-state index in [1.165, 1.54) is 30.3 Å². The van der Waals surface area contributed by atoms with Crippen molar-refractivity contribution in [2.45, 2.75) is 6.42 Å². The fourth-order valence-corrected chi connectivity index (χ4v) is 3.20. The number of carbonyl (C=O) groups is 1. The van der Waals surface area contributed by atoms with E-state index < -0.39 is 5.82 Å². The maximum Gasteiger partial charge on any atom is 0.238 e. The predicted octanol–water partition coefficient (Wildman–Crippen LogP) is 3.77. The van der Waals surface area contributed by atoms with Crippen LogP contribution < -0.4 is 10.2 Å². The third-order valence-electron chi connectivity index (χ3n) is 4.35. The maximum atomic E-state index is 13.7.